The maximum absolute atomic E-state index is 12.1. The number of aliphatic imine (C=N–C) groups is 1. The van der Waals surface area contributed by atoms with E-state index in [2.05, 4.69) is 25.3 Å². The lowest BCUT2D eigenvalue weighted by Gasteiger charge is -2.14. The molecule has 2 rings (SSSR count). The van der Waals surface area contributed by atoms with Crippen molar-refractivity contribution >= 4 is 5.96 Å². The van der Waals surface area contributed by atoms with E-state index >= 15 is 0 Å². The lowest BCUT2D eigenvalue weighted by Crippen LogP contribution is -2.36. The third-order valence-corrected chi connectivity index (χ3v) is 3.82. The molecule has 0 atom stereocenters. The number of nitrogens with one attached hydrogen (secondary N) is 2. The van der Waals surface area contributed by atoms with Crippen LogP contribution in [0.2, 0.25) is 0 Å². The number of guanidine groups is 1. The van der Waals surface area contributed by atoms with E-state index in [0.717, 1.165) is 11.1 Å². The molecule has 1 aromatic carbocycles. The molecule has 158 valence electrons. The summed E-state index contributed by atoms with van der Waals surface area (Å²) in [4.78, 5) is 8.40. The van der Waals surface area contributed by atoms with Gasteiger partial charge in [-0.15, -0.1) is 0 Å². The Labute approximate surface area is 168 Å². The van der Waals surface area contributed by atoms with Crippen LogP contribution in [0, 0.1) is 0 Å². The second kappa shape index (κ2) is 11.3. The second-order valence-corrected chi connectivity index (χ2v) is 6.10. The Hall–Kier alpha value is -2.81. The molecule has 0 radical (unpaired) electrons. The number of benzene rings is 1. The number of hydrogen-bond donors (Lipinski definition) is 2. The quantitative estimate of drug-likeness (QED) is 0.490. The molecule has 2 aromatic rings. The fourth-order valence-corrected chi connectivity index (χ4v) is 2.45. The van der Waals surface area contributed by atoms with Gasteiger partial charge in [-0.1, -0.05) is 30.3 Å². The number of nitrogens with zero attached hydrogens (tertiary/aromatic N) is 2. The number of hydrogen-bond acceptors (Lipinski definition) is 4. The first-order chi connectivity index (χ1) is 13.9. The van der Waals surface area contributed by atoms with Gasteiger partial charge >= 0.3 is 6.18 Å². The minimum atomic E-state index is -4.31. The van der Waals surface area contributed by atoms with Gasteiger partial charge in [-0.3, -0.25) is 4.99 Å². The minimum absolute atomic E-state index is 0.0796. The number of pyridine rings is 1. The van der Waals surface area contributed by atoms with Crippen LogP contribution in [0.25, 0.3) is 0 Å². The Morgan fingerprint density at radius 3 is 2.41 bits per heavy atom. The summed E-state index contributed by atoms with van der Waals surface area (Å²) in [6, 6.07) is 10.9. The zero-order valence-corrected chi connectivity index (χ0v) is 16.4. The van der Waals surface area contributed by atoms with Crippen LogP contribution in [-0.2, 0) is 24.4 Å². The highest BCUT2D eigenvalue weighted by molar-refractivity contribution is 5.79. The van der Waals surface area contributed by atoms with Gasteiger partial charge in [-0.25, -0.2) is 4.98 Å². The van der Waals surface area contributed by atoms with Gasteiger partial charge in [0, 0.05) is 31.9 Å². The van der Waals surface area contributed by atoms with Gasteiger partial charge in [0.1, 0.15) is 6.61 Å². The highest BCUT2D eigenvalue weighted by Crippen LogP contribution is 2.16. The van der Waals surface area contributed by atoms with Crippen LogP contribution in [0.5, 0.6) is 5.88 Å². The SMILES string of the molecule is CCOc1ncccc1CNC(=NC)NCc1ccc(COCC(F)(F)F)cc1. The van der Waals surface area contributed by atoms with Crippen LogP contribution in [0.15, 0.2) is 47.6 Å². The summed E-state index contributed by atoms with van der Waals surface area (Å²) in [7, 11) is 1.67. The Bertz CT molecular complexity index is 780. The van der Waals surface area contributed by atoms with Gasteiger partial charge in [0.15, 0.2) is 5.96 Å². The van der Waals surface area contributed by atoms with Crippen molar-refractivity contribution < 1.29 is 22.6 Å². The second-order valence-electron chi connectivity index (χ2n) is 6.10. The van der Waals surface area contributed by atoms with Crippen molar-refractivity contribution in [3.8, 4) is 5.88 Å². The van der Waals surface area contributed by atoms with E-state index in [1.807, 2.05) is 31.2 Å². The van der Waals surface area contributed by atoms with Crippen molar-refractivity contribution in [3.05, 3.63) is 59.3 Å². The third kappa shape index (κ3) is 8.39. The van der Waals surface area contributed by atoms with Crippen molar-refractivity contribution in [1.29, 1.82) is 0 Å². The molecule has 0 unspecified atom stereocenters. The van der Waals surface area contributed by atoms with Crippen molar-refractivity contribution in [2.45, 2.75) is 32.8 Å². The molecule has 2 N–H and O–H groups in total. The van der Waals surface area contributed by atoms with Gasteiger partial charge in [0.25, 0.3) is 0 Å². The number of alkyl halides is 3. The molecule has 0 spiro atoms. The average molecular weight is 410 g/mol. The molecule has 0 saturated heterocycles. The summed E-state index contributed by atoms with van der Waals surface area (Å²) in [5, 5.41) is 6.39. The maximum atomic E-state index is 12.1. The summed E-state index contributed by atoms with van der Waals surface area (Å²) < 4.78 is 46.5. The maximum Gasteiger partial charge on any atom is 0.411 e. The molecule has 0 aliphatic rings. The zero-order valence-electron chi connectivity index (χ0n) is 16.4. The summed E-state index contributed by atoms with van der Waals surface area (Å²) in [5.41, 5.74) is 2.56. The molecule has 0 aliphatic carbocycles. The Morgan fingerprint density at radius 2 is 1.76 bits per heavy atom. The molecular weight excluding hydrogens is 385 g/mol. The van der Waals surface area contributed by atoms with Crippen molar-refractivity contribution in [2.24, 2.45) is 4.99 Å². The molecule has 1 heterocycles. The largest absolute Gasteiger partial charge is 0.478 e. The summed E-state index contributed by atoms with van der Waals surface area (Å²) >= 11 is 0. The zero-order chi connectivity index (χ0) is 21.1. The first-order valence-electron chi connectivity index (χ1n) is 9.14. The van der Waals surface area contributed by atoms with Gasteiger partial charge < -0.3 is 20.1 Å². The third-order valence-electron chi connectivity index (χ3n) is 3.82. The van der Waals surface area contributed by atoms with Gasteiger partial charge in [-0.2, -0.15) is 13.2 Å². The normalized spacial score (nSPS) is 12.0. The number of aromatic nitrogens is 1. The molecule has 0 aliphatic heterocycles. The van der Waals surface area contributed by atoms with E-state index < -0.39 is 12.8 Å². The summed E-state index contributed by atoms with van der Waals surface area (Å²) in [6.07, 6.45) is -2.63. The molecule has 0 fully saturated rings. The highest BCUT2D eigenvalue weighted by Gasteiger charge is 2.27. The number of rotatable bonds is 9. The standard InChI is InChI=1S/C20H25F3N4O2/c1-3-29-18-17(5-4-10-25-18)12-27-19(24-2)26-11-15-6-8-16(9-7-15)13-28-14-20(21,22)23/h4-10H,3,11-14H2,1-2H3,(H2,24,26,27). The van der Waals surface area contributed by atoms with E-state index in [-0.39, 0.29) is 6.61 Å². The lowest BCUT2D eigenvalue weighted by atomic mass is 10.1. The predicted octanol–water partition coefficient (Wildman–Crippen LogP) is 3.42. The predicted molar refractivity (Wildman–Crippen MR) is 105 cm³/mol. The molecular formula is C20H25F3N4O2. The van der Waals surface area contributed by atoms with Gasteiger partial charge in [0.2, 0.25) is 5.88 Å². The van der Waals surface area contributed by atoms with E-state index in [1.54, 1.807) is 25.4 Å². The van der Waals surface area contributed by atoms with Crippen LogP contribution in [0.3, 0.4) is 0 Å². The summed E-state index contributed by atoms with van der Waals surface area (Å²) in [5.74, 6) is 1.19. The fourth-order valence-electron chi connectivity index (χ4n) is 2.45. The fraction of sp³-hybridized carbons (Fsp3) is 0.400. The van der Waals surface area contributed by atoms with E-state index in [0.29, 0.717) is 37.1 Å². The first-order valence-corrected chi connectivity index (χ1v) is 9.14. The lowest BCUT2D eigenvalue weighted by molar-refractivity contribution is -0.176. The molecule has 0 saturated carbocycles. The molecule has 9 heteroatoms. The van der Waals surface area contributed by atoms with Gasteiger partial charge in [0.05, 0.1) is 13.2 Å². The van der Waals surface area contributed by atoms with Crippen molar-refractivity contribution in [3.63, 3.8) is 0 Å². The van der Waals surface area contributed by atoms with Crippen LogP contribution in [0.1, 0.15) is 23.6 Å². The Morgan fingerprint density at radius 1 is 1.07 bits per heavy atom. The van der Waals surface area contributed by atoms with Crippen molar-refractivity contribution in [2.75, 3.05) is 20.3 Å². The molecule has 1 aromatic heterocycles. The molecule has 0 amide bonds. The molecule has 0 bridgehead atoms. The van der Waals surface area contributed by atoms with E-state index in [4.69, 9.17) is 4.74 Å². The minimum Gasteiger partial charge on any atom is -0.478 e. The topological polar surface area (TPSA) is 67.8 Å². The average Bonchev–Trinajstić information content (AvgIpc) is 2.69. The molecule has 6 nitrogen and oxygen atoms in total. The molecule has 29 heavy (non-hydrogen) atoms. The summed E-state index contributed by atoms with van der Waals surface area (Å²) in [6.45, 7) is 2.12. The van der Waals surface area contributed by atoms with E-state index in [1.165, 1.54) is 0 Å². The van der Waals surface area contributed by atoms with Crippen LogP contribution < -0.4 is 15.4 Å². The highest BCUT2D eigenvalue weighted by atomic mass is 19.4. The first kappa shape index (κ1) is 22.5. The Balaban J connectivity index is 1.80. The number of ether oxygens (including phenoxy) is 2. The smallest absolute Gasteiger partial charge is 0.411 e. The van der Waals surface area contributed by atoms with Crippen LogP contribution in [0.4, 0.5) is 13.2 Å². The number of halogens is 3. The monoisotopic (exact) mass is 410 g/mol. The Kier molecular flexibility index (Phi) is 8.72. The van der Waals surface area contributed by atoms with Crippen LogP contribution in [-0.4, -0.2) is 37.4 Å². The van der Waals surface area contributed by atoms with Crippen LogP contribution >= 0.6 is 0 Å². The van der Waals surface area contributed by atoms with Gasteiger partial charge in [-0.05, 0) is 24.1 Å². The van der Waals surface area contributed by atoms with E-state index in [9.17, 15) is 13.2 Å². The van der Waals surface area contributed by atoms with Crippen molar-refractivity contribution in [1.82, 2.24) is 15.6 Å².